The molecule has 0 bridgehead atoms. The quantitative estimate of drug-likeness (QED) is 0.405. The van der Waals surface area contributed by atoms with E-state index in [0.29, 0.717) is 50.1 Å². The van der Waals surface area contributed by atoms with Crippen LogP contribution in [0, 0.1) is 12.7 Å². The summed E-state index contributed by atoms with van der Waals surface area (Å²) in [5, 5.41) is 15.5. The van der Waals surface area contributed by atoms with Crippen LogP contribution >= 0.6 is 0 Å². The minimum absolute atomic E-state index is 0.000294. The number of hydrogen-bond donors (Lipinski definition) is 1. The van der Waals surface area contributed by atoms with Crippen molar-refractivity contribution in [3.05, 3.63) is 71.8 Å². The maximum atomic E-state index is 13.5. The Morgan fingerprint density at radius 3 is 2.83 bits per heavy atom. The van der Waals surface area contributed by atoms with Crippen LogP contribution in [-0.4, -0.2) is 72.0 Å². The van der Waals surface area contributed by atoms with E-state index < -0.39 is 5.60 Å². The van der Waals surface area contributed by atoms with E-state index in [2.05, 4.69) is 10.00 Å². The Morgan fingerprint density at radius 2 is 2.06 bits per heavy atom. The predicted octanol–water partition coefficient (Wildman–Crippen LogP) is 3.45. The number of methoxy groups -OCH3 is 1. The molecule has 8 nitrogen and oxygen atoms in total. The fourth-order valence-corrected chi connectivity index (χ4v) is 4.18. The van der Waals surface area contributed by atoms with Crippen LogP contribution in [0.2, 0.25) is 0 Å². The molecule has 1 fully saturated rings. The molecule has 0 spiro atoms. The number of aryl methyl sites for hydroxylation is 2. The van der Waals surface area contributed by atoms with Gasteiger partial charge in [-0.2, -0.15) is 5.10 Å². The van der Waals surface area contributed by atoms with Gasteiger partial charge in [0.25, 0.3) is 0 Å². The number of hydrogen-bond acceptors (Lipinski definition) is 7. The van der Waals surface area contributed by atoms with Crippen molar-refractivity contribution in [1.82, 2.24) is 14.7 Å². The number of β-amino-alcohol motifs (C(OH)–C–C–N with tert-alkyl or cyclic N) is 1. The first-order valence-corrected chi connectivity index (χ1v) is 12.1. The van der Waals surface area contributed by atoms with Crippen LogP contribution in [0.15, 0.2) is 54.9 Å². The van der Waals surface area contributed by atoms with Crippen molar-refractivity contribution < 1.29 is 28.4 Å². The lowest BCUT2D eigenvalue weighted by Crippen LogP contribution is -2.48. The van der Waals surface area contributed by atoms with Gasteiger partial charge in [-0.1, -0.05) is 12.1 Å². The van der Waals surface area contributed by atoms with Gasteiger partial charge in [-0.3, -0.25) is 9.58 Å². The lowest BCUT2D eigenvalue weighted by molar-refractivity contribution is -0.0647. The summed E-state index contributed by atoms with van der Waals surface area (Å²) in [4.78, 5) is 2.12. The number of rotatable bonds is 11. The lowest BCUT2D eigenvalue weighted by atomic mass is 10.1. The SMILES string of the molecule is COc1ccc(CN2CCOC[C@](O)(COc3cccc(F)c3)C2)cc1OCCCn1cc(C)cn1. The van der Waals surface area contributed by atoms with E-state index in [0.717, 1.165) is 24.1 Å². The number of aromatic nitrogens is 2. The molecule has 0 amide bonds. The molecule has 0 unspecified atom stereocenters. The number of aliphatic hydroxyl groups is 1. The molecule has 2 aromatic carbocycles. The lowest BCUT2D eigenvalue weighted by Gasteiger charge is -2.30. The summed E-state index contributed by atoms with van der Waals surface area (Å²) in [5.41, 5.74) is 0.944. The van der Waals surface area contributed by atoms with Gasteiger partial charge in [0.1, 0.15) is 23.8 Å². The summed E-state index contributed by atoms with van der Waals surface area (Å²) in [7, 11) is 1.62. The molecule has 36 heavy (non-hydrogen) atoms. The second kappa shape index (κ2) is 12.2. The van der Waals surface area contributed by atoms with Gasteiger partial charge in [-0.15, -0.1) is 0 Å². The van der Waals surface area contributed by atoms with Crippen molar-refractivity contribution in [2.24, 2.45) is 0 Å². The molecule has 1 aromatic heterocycles. The van der Waals surface area contributed by atoms with E-state index in [4.69, 9.17) is 18.9 Å². The van der Waals surface area contributed by atoms with Crippen molar-refractivity contribution in [2.75, 3.05) is 46.6 Å². The number of halogens is 1. The number of nitrogens with zero attached hydrogens (tertiary/aromatic N) is 3. The molecule has 1 saturated heterocycles. The second-order valence-electron chi connectivity index (χ2n) is 9.20. The summed E-state index contributed by atoms with van der Waals surface area (Å²) in [5.74, 6) is 1.35. The molecule has 0 saturated carbocycles. The monoisotopic (exact) mass is 499 g/mol. The van der Waals surface area contributed by atoms with Gasteiger partial charge >= 0.3 is 0 Å². The van der Waals surface area contributed by atoms with Crippen LogP contribution in [-0.2, 0) is 17.8 Å². The van der Waals surface area contributed by atoms with Crippen LogP contribution in [0.1, 0.15) is 17.5 Å². The third kappa shape index (κ3) is 7.43. The predicted molar refractivity (Wildman–Crippen MR) is 133 cm³/mol. The van der Waals surface area contributed by atoms with Crippen molar-refractivity contribution in [3.63, 3.8) is 0 Å². The molecular weight excluding hydrogens is 465 g/mol. The zero-order valence-electron chi connectivity index (χ0n) is 20.9. The summed E-state index contributed by atoms with van der Waals surface area (Å²) in [6, 6.07) is 11.8. The van der Waals surface area contributed by atoms with Gasteiger partial charge in [-0.05, 0) is 42.3 Å². The van der Waals surface area contributed by atoms with Gasteiger partial charge < -0.3 is 24.1 Å². The van der Waals surface area contributed by atoms with Crippen molar-refractivity contribution in [3.8, 4) is 17.2 Å². The first-order chi connectivity index (χ1) is 17.4. The zero-order chi connectivity index (χ0) is 25.4. The molecule has 4 rings (SSSR count). The minimum atomic E-state index is -1.22. The maximum Gasteiger partial charge on any atom is 0.161 e. The highest BCUT2D eigenvalue weighted by molar-refractivity contribution is 5.43. The standard InChI is InChI=1S/C27H34FN3O5/c1-21-15-29-31(16-21)9-4-11-35-26-13-22(7-8-25(26)33-2)17-30-10-12-34-19-27(32,18-30)20-36-24-6-3-5-23(28)14-24/h3,5-8,13-16,32H,4,9-12,17-20H2,1-2H3/t27-/m0/s1. The Labute approximate surface area is 211 Å². The summed E-state index contributed by atoms with van der Waals surface area (Å²) < 4.78 is 38.2. The smallest absolute Gasteiger partial charge is 0.161 e. The fraction of sp³-hybridized carbons (Fsp3) is 0.444. The largest absolute Gasteiger partial charge is 0.493 e. The summed E-state index contributed by atoms with van der Waals surface area (Å²) >= 11 is 0. The Bertz CT molecular complexity index is 1120. The Kier molecular flexibility index (Phi) is 8.79. The first kappa shape index (κ1) is 25.9. The van der Waals surface area contributed by atoms with Gasteiger partial charge in [-0.25, -0.2) is 4.39 Å². The van der Waals surface area contributed by atoms with E-state index in [1.54, 1.807) is 19.2 Å². The van der Waals surface area contributed by atoms with Gasteiger partial charge in [0.2, 0.25) is 0 Å². The van der Waals surface area contributed by atoms with Crippen molar-refractivity contribution in [2.45, 2.75) is 32.0 Å². The average Bonchev–Trinajstić information content (AvgIpc) is 3.19. The molecule has 2 heterocycles. The second-order valence-corrected chi connectivity index (χ2v) is 9.20. The topological polar surface area (TPSA) is 78.2 Å². The fourth-order valence-electron chi connectivity index (χ4n) is 4.18. The third-order valence-electron chi connectivity index (χ3n) is 5.93. The van der Waals surface area contributed by atoms with E-state index in [1.165, 1.54) is 12.1 Å². The maximum absolute atomic E-state index is 13.5. The highest BCUT2D eigenvalue weighted by Crippen LogP contribution is 2.29. The molecule has 0 aliphatic carbocycles. The Hall–Kier alpha value is -3.14. The average molecular weight is 500 g/mol. The third-order valence-corrected chi connectivity index (χ3v) is 5.93. The van der Waals surface area contributed by atoms with E-state index in [-0.39, 0.29) is 19.0 Å². The van der Waals surface area contributed by atoms with E-state index in [1.807, 2.05) is 42.2 Å². The zero-order valence-corrected chi connectivity index (χ0v) is 20.9. The molecule has 0 radical (unpaired) electrons. The van der Waals surface area contributed by atoms with Crippen LogP contribution in [0.25, 0.3) is 0 Å². The summed E-state index contributed by atoms with van der Waals surface area (Å²) in [6.07, 6.45) is 4.67. The normalized spacial score (nSPS) is 18.6. The molecule has 1 aliphatic rings. The van der Waals surface area contributed by atoms with Gasteiger partial charge in [0.15, 0.2) is 11.5 Å². The molecule has 1 atom stereocenters. The van der Waals surface area contributed by atoms with E-state index >= 15 is 0 Å². The number of benzene rings is 2. The molecule has 3 aromatic rings. The highest BCUT2D eigenvalue weighted by atomic mass is 19.1. The first-order valence-electron chi connectivity index (χ1n) is 12.1. The van der Waals surface area contributed by atoms with Crippen LogP contribution in [0.5, 0.6) is 17.2 Å². The Morgan fingerprint density at radius 1 is 1.17 bits per heavy atom. The molecule has 194 valence electrons. The number of ether oxygens (including phenoxy) is 4. The summed E-state index contributed by atoms with van der Waals surface area (Å²) in [6.45, 7) is 5.58. The van der Waals surface area contributed by atoms with Crippen LogP contribution < -0.4 is 14.2 Å². The highest BCUT2D eigenvalue weighted by Gasteiger charge is 2.33. The molecule has 9 heteroatoms. The molecule has 1 aliphatic heterocycles. The Balaban J connectivity index is 1.34. The molecule has 1 N–H and O–H groups in total. The van der Waals surface area contributed by atoms with Gasteiger partial charge in [0.05, 0.1) is 33.1 Å². The van der Waals surface area contributed by atoms with Crippen molar-refractivity contribution in [1.29, 1.82) is 0 Å². The van der Waals surface area contributed by atoms with Crippen LogP contribution in [0.3, 0.4) is 0 Å². The van der Waals surface area contributed by atoms with Crippen LogP contribution in [0.4, 0.5) is 4.39 Å². The van der Waals surface area contributed by atoms with E-state index in [9.17, 15) is 9.50 Å². The molecular formula is C27H34FN3O5. The van der Waals surface area contributed by atoms with Crippen molar-refractivity contribution >= 4 is 0 Å². The van der Waals surface area contributed by atoms with Gasteiger partial charge in [0, 0.05) is 44.9 Å². The minimum Gasteiger partial charge on any atom is -0.493 e.